The van der Waals surface area contributed by atoms with Gasteiger partial charge in [-0.15, -0.1) is 30.6 Å². The van der Waals surface area contributed by atoms with Crippen LogP contribution in [-0.4, -0.2) is 38.1 Å². The third kappa shape index (κ3) is 7.63. The molecule has 22 heavy (non-hydrogen) atoms. The van der Waals surface area contributed by atoms with Crippen LogP contribution in [0.2, 0.25) is 0 Å². The van der Waals surface area contributed by atoms with Gasteiger partial charge in [0.1, 0.15) is 5.82 Å². The number of halogens is 1. The summed E-state index contributed by atoms with van der Waals surface area (Å²) in [6.07, 6.45) is 3.62. The zero-order valence-corrected chi connectivity index (χ0v) is 16.3. The van der Waals surface area contributed by atoms with Gasteiger partial charge in [0.15, 0.2) is 5.96 Å². The van der Waals surface area contributed by atoms with Gasteiger partial charge in [0, 0.05) is 38.9 Å². The predicted octanol–water partition coefficient (Wildman–Crippen LogP) is 2.64. The number of anilines is 1. The molecule has 1 heterocycles. The highest BCUT2D eigenvalue weighted by molar-refractivity contribution is 14.0. The van der Waals surface area contributed by atoms with Gasteiger partial charge in [-0.2, -0.15) is 0 Å². The van der Waals surface area contributed by atoms with E-state index in [-0.39, 0.29) is 24.0 Å². The minimum absolute atomic E-state index is 0. The predicted molar refractivity (Wildman–Crippen MR) is 106 cm³/mol. The first-order valence-electron chi connectivity index (χ1n) is 7.29. The molecule has 124 valence electrons. The van der Waals surface area contributed by atoms with Gasteiger partial charge in [0.05, 0.1) is 6.54 Å². The number of rotatable bonds is 7. The van der Waals surface area contributed by atoms with Gasteiger partial charge in [-0.25, -0.2) is 9.98 Å². The molecule has 0 spiro atoms. The van der Waals surface area contributed by atoms with Crippen molar-refractivity contribution in [3.8, 4) is 0 Å². The second-order valence-electron chi connectivity index (χ2n) is 5.49. The Hall–Kier alpha value is -1.31. The molecule has 0 saturated heterocycles. The van der Waals surface area contributed by atoms with E-state index in [0.717, 1.165) is 23.9 Å². The standard InChI is InChI=1S/C16H27N5.HI/c1-6-9-18-16(19-11-13(2)3)20-12-14-8-7-10-17-15(14)21(4)5;/h6-8,10,13H,1,9,11-12H2,2-5H3,(H2,18,19,20);1H. The molecule has 0 radical (unpaired) electrons. The van der Waals surface area contributed by atoms with E-state index in [0.29, 0.717) is 19.0 Å². The average Bonchev–Trinajstić information content (AvgIpc) is 2.46. The molecule has 0 aliphatic heterocycles. The first-order chi connectivity index (χ1) is 10.0. The Morgan fingerprint density at radius 3 is 2.73 bits per heavy atom. The van der Waals surface area contributed by atoms with Crippen LogP contribution in [-0.2, 0) is 6.54 Å². The average molecular weight is 417 g/mol. The maximum atomic E-state index is 4.63. The molecule has 0 fully saturated rings. The van der Waals surface area contributed by atoms with Crippen molar-refractivity contribution in [3.05, 3.63) is 36.5 Å². The quantitative estimate of drug-likeness (QED) is 0.310. The highest BCUT2D eigenvalue weighted by Crippen LogP contribution is 2.15. The molecule has 0 aliphatic carbocycles. The minimum atomic E-state index is 0. The molecule has 0 saturated carbocycles. The van der Waals surface area contributed by atoms with Crippen LogP contribution < -0.4 is 15.5 Å². The summed E-state index contributed by atoms with van der Waals surface area (Å²) in [7, 11) is 3.98. The first kappa shape index (κ1) is 20.7. The molecular formula is C16H28IN5. The number of hydrogen-bond donors (Lipinski definition) is 2. The molecule has 0 aliphatic rings. The highest BCUT2D eigenvalue weighted by Gasteiger charge is 2.05. The van der Waals surface area contributed by atoms with Crippen molar-refractivity contribution in [2.24, 2.45) is 10.9 Å². The van der Waals surface area contributed by atoms with Gasteiger partial charge in [-0.05, 0) is 12.0 Å². The summed E-state index contributed by atoms with van der Waals surface area (Å²) < 4.78 is 0. The fraction of sp³-hybridized carbons (Fsp3) is 0.500. The number of nitrogens with one attached hydrogen (secondary N) is 2. The molecule has 1 aromatic heterocycles. The van der Waals surface area contributed by atoms with E-state index in [1.807, 2.05) is 31.1 Å². The number of pyridine rings is 1. The van der Waals surface area contributed by atoms with E-state index in [1.54, 1.807) is 6.20 Å². The summed E-state index contributed by atoms with van der Waals surface area (Å²) in [5.74, 6) is 2.32. The topological polar surface area (TPSA) is 52.6 Å². The van der Waals surface area contributed by atoms with Crippen molar-refractivity contribution < 1.29 is 0 Å². The Bertz CT molecular complexity index is 471. The van der Waals surface area contributed by atoms with Crippen LogP contribution in [0.5, 0.6) is 0 Å². The Balaban J connectivity index is 0.00000441. The molecule has 0 amide bonds. The van der Waals surface area contributed by atoms with Crippen molar-refractivity contribution in [2.45, 2.75) is 20.4 Å². The Labute approximate surface area is 151 Å². The Morgan fingerprint density at radius 1 is 1.41 bits per heavy atom. The highest BCUT2D eigenvalue weighted by atomic mass is 127. The third-order valence-electron chi connectivity index (χ3n) is 2.79. The van der Waals surface area contributed by atoms with Crippen molar-refractivity contribution in [3.63, 3.8) is 0 Å². The van der Waals surface area contributed by atoms with Crippen molar-refractivity contribution in [2.75, 3.05) is 32.1 Å². The molecule has 0 bridgehead atoms. The largest absolute Gasteiger partial charge is 0.362 e. The van der Waals surface area contributed by atoms with Gasteiger partial charge in [0.25, 0.3) is 0 Å². The number of nitrogens with zero attached hydrogens (tertiary/aromatic N) is 3. The minimum Gasteiger partial charge on any atom is -0.362 e. The van der Waals surface area contributed by atoms with Crippen LogP contribution >= 0.6 is 24.0 Å². The summed E-state index contributed by atoms with van der Waals surface area (Å²) in [6, 6.07) is 4.00. The van der Waals surface area contributed by atoms with Crippen molar-refractivity contribution >= 4 is 35.8 Å². The molecule has 1 aromatic rings. The van der Waals surface area contributed by atoms with Crippen molar-refractivity contribution in [1.29, 1.82) is 0 Å². The van der Waals surface area contributed by atoms with Crippen LogP contribution in [0.4, 0.5) is 5.82 Å². The summed E-state index contributed by atoms with van der Waals surface area (Å²) in [6.45, 7) is 10.2. The molecule has 0 atom stereocenters. The molecular weight excluding hydrogens is 389 g/mol. The second kappa shape index (κ2) is 11.3. The lowest BCUT2D eigenvalue weighted by Crippen LogP contribution is -2.39. The lowest BCUT2D eigenvalue weighted by atomic mass is 10.2. The number of aromatic nitrogens is 1. The van der Waals surface area contributed by atoms with Crippen LogP contribution in [0.25, 0.3) is 0 Å². The fourth-order valence-corrected chi connectivity index (χ4v) is 1.76. The van der Waals surface area contributed by atoms with E-state index in [2.05, 4.69) is 47.1 Å². The Kier molecular flexibility index (Phi) is 10.6. The van der Waals surface area contributed by atoms with Crippen LogP contribution in [0, 0.1) is 5.92 Å². The molecule has 6 heteroatoms. The number of aliphatic imine (C=N–C) groups is 1. The first-order valence-corrected chi connectivity index (χ1v) is 7.29. The summed E-state index contributed by atoms with van der Waals surface area (Å²) >= 11 is 0. The zero-order chi connectivity index (χ0) is 15.7. The summed E-state index contributed by atoms with van der Waals surface area (Å²) in [4.78, 5) is 11.0. The fourth-order valence-electron chi connectivity index (χ4n) is 1.76. The van der Waals surface area contributed by atoms with Crippen LogP contribution in [0.15, 0.2) is 36.0 Å². The smallest absolute Gasteiger partial charge is 0.191 e. The van der Waals surface area contributed by atoms with E-state index in [9.17, 15) is 0 Å². The van der Waals surface area contributed by atoms with E-state index in [1.165, 1.54) is 0 Å². The monoisotopic (exact) mass is 417 g/mol. The van der Waals surface area contributed by atoms with E-state index in [4.69, 9.17) is 0 Å². The lowest BCUT2D eigenvalue weighted by molar-refractivity contribution is 0.616. The molecule has 0 aromatic carbocycles. The molecule has 5 nitrogen and oxygen atoms in total. The number of guanidine groups is 1. The number of hydrogen-bond acceptors (Lipinski definition) is 3. The van der Waals surface area contributed by atoms with Gasteiger partial charge < -0.3 is 15.5 Å². The van der Waals surface area contributed by atoms with Crippen LogP contribution in [0.1, 0.15) is 19.4 Å². The molecule has 2 N–H and O–H groups in total. The SMILES string of the molecule is C=CCNC(=NCc1cccnc1N(C)C)NCC(C)C.I. The second-order valence-corrected chi connectivity index (χ2v) is 5.49. The van der Waals surface area contributed by atoms with E-state index < -0.39 is 0 Å². The van der Waals surface area contributed by atoms with Crippen molar-refractivity contribution in [1.82, 2.24) is 15.6 Å². The third-order valence-corrected chi connectivity index (χ3v) is 2.79. The van der Waals surface area contributed by atoms with Gasteiger partial charge in [0.2, 0.25) is 0 Å². The molecule has 0 unspecified atom stereocenters. The van der Waals surface area contributed by atoms with Gasteiger partial charge in [-0.3, -0.25) is 0 Å². The summed E-state index contributed by atoms with van der Waals surface area (Å²) in [5.41, 5.74) is 1.10. The maximum absolute atomic E-state index is 4.63. The maximum Gasteiger partial charge on any atom is 0.191 e. The van der Waals surface area contributed by atoms with Gasteiger partial charge in [-0.1, -0.05) is 26.0 Å². The molecule has 1 rings (SSSR count). The summed E-state index contributed by atoms with van der Waals surface area (Å²) in [5, 5.41) is 6.56. The van der Waals surface area contributed by atoms with Crippen LogP contribution in [0.3, 0.4) is 0 Å². The van der Waals surface area contributed by atoms with Gasteiger partial charge >= 0.3 is 0 Å². The zero-order valence-electron chi connectivity index (χ0n) is 14.0. The lowest BCUT2D eigenvalue weighted by Gasteiger charge is -2.16. The Morgan fingerprint density at radius 2 is 2.14 bits per heavy atom. The normalized spacial score (nSPS) is 10.9. The van der Waals surface area contributed by atoms with E-state index >= 15 is 0 Å².